The number of rotatable bonds is 7. The zero-order valence-corrected chi connectivity index (χ0v) is 17.8. The Morgan fingerprint density at radius 3 is 2.48 bits per heavy atom. The van der Waals surface area contributed by atoms with Gasteiger partial charge in [0.25, 0.3) is 5.91 Å². The van der Waals surface area contributed by atoms with E-state index in [2.05, 4.69) is 5.32 Å². The number of hydrogen-bond acceptors (Lipinski definition) is 4. The van der Waals surface area contributed by atoms with Gasteiger partial charge in [0.2, 0.25) is 0 Å². The van der Waals surface area contributed by atoms with Crippen molar-refractivity contribution in [3.63, 3.8) is 0 Å². The Balaban J connectivity index is 1.83. The molecule has 0 fully saturated rings. The second kappa shape index (κ2) is 10.1. The molecule has 6 nitrogen and oxygen atoms in total. The molecule has 0 unspecified atom stereocenters. The minimum atomic E-state index is -4.72. The number of benzene rings is 2. The lowest BCUT2D eigenvalue weighted by molar-refractivity contribution is -0.158. The highest BCUT2D eigenvalue weighted by Crippen LogP contribution is 2.29. The van der Waals surface area contributed by atoms with E-state index in [4.69, 9.17) is 16.3 Å². The number of carboxylic acid groups (broad SMARTS) is 1. The Morgan fingerprint density at radius 2 is 1.88 bits per heavy atom. The highest BCUT2D eigenvalue weighted by atomic mass is 35.5. The van der Waals surface area contributed by atoms with E-state index in [0.29, 0.717) is 23.7 Å². The molecule has 11 heteroatoms. The molecule has 0 radical (unpaired) electrons. The van der Waals surface area contributed by atoms with E-state index in [9.17, 15) is 32.3 Å². The van der Waals surface area contributed by atoms with Crippen molar-refractivity contribution in [3.8, 4) is 5.75 Å². The summed E-state index contributed by atoms with van der Waals surface area (Å²) in [5.41, 5.74) is -0.165. The number of alkyl halides is 3. The summed E-state index contributed by atoms with van der Waals surface area (Å²) in [4.78, 5) is 26.0. The van der Waals surface area contributed by atoms with Crippen molar-refractivity contribution in [2.24, 2.45) is 0 Å². The maximum Gasteiger partial charge on any atom is 0.393 e. The predicted molar refractivity (Wildman–Crippen MR) is 115 cm³/mol. The minimum absolute atomic E-state index is 0.0159. The van der Waals surface area contributed by atoms with Gasteiger partial charge in [0.1, 0.15) is 11.6 Å². The molecule has 176 valence electrons. The monoisotopic (exact) mass is 486 g/mol. The van der Waals surface area contributed by atoms with Gasteiger partial charge in [-0.15, -0.1) is 0 Å². The molecule has 1 heterocycles. The lowest BCUT2D eigenvalue weighted by Crippen LogP contribution is -2.37. The van der Waals surface area contributed by atoms with Gasteiger partial charge in [-0.25, -0.2) is 9.18 Å². The molecule has 0 saturated heterocycles. The molecule has 2 aromatic rings. The number of nitrogens with zero attached hydrogens (tertiary/aromatic N) is 1. The van der Waals surface area contributed by atoms with Crippen molar-refractivity contribution < 1.29 is 37.0 Å². The Labute approximate surface area is 191 Å². The van der Waals surface area contributed by atoms with E-state index in [-0.39, 0.29) is 29.4 Å². The second-order valence-electron chi connectivity index (χ2n) is 7.27. The SMILES string of the molecule is O=C(O)c1cc(N2CCC=C(F)C2)ccc1NC(=O)[C@H](CC(F)(F)F)Oc1ccc(Cl)cc1. The Hall–Kier alpha value is -3.27. The summed E-state index contributed by atoms with van der Waals surface area (Å²) in [5, 5.41) is 12.1. The number of carbonyl (C=O) groups is 2. The van der Waals surface area contributed by atoms with Crippen LogP contribution in [0.2, 0.25) is 5.02 Å². The van der Waals surface area contributed by atoms with Crippen molar-refractivity contribution in [1.29, 1.82) is 0 Å². The van der Waals surface area contributed by atoms with Crippen LogP contribution in [0.1, 0.15) is 23.2 Å². The van der Waals surface area contributed by atoms with Gasteiger partial charge < -0.3 is 20.1 Å². The number of hydrogen-bond donors (Lipinski definition) is 2. The Bertz CT molecular complexity index is 1060. The first-order chi connectivity index (χ1) is 15.5. The van der Waals surface area contributed by atoms with E-state index < -0.39 is 30.6 Å². The fourth-order valence-electron chi connectivity index (χ4n) is 3.23. The third-order valence-corrected chi connectivity index (χ3v) is 5.02. The third kappa shape index (κ3) is 6.85. The molecule has 0 aromatic heterocycles. The summed E-state index contributed by atoms with van der Waals surface area (Å²) in [6, 6.07) is 9.33. The van der Waals surface area contributed by atoms with Crippen LogP contribution in [0.15, 0.2) is 54.4 Å². The zero-order valence-electron chi connectivity index (χ0n) is 17.0. The molecule has 0 aliphatic carbocycles. The van der Waals surface area contributed by atoms with Gasteiger partial charge in [0.05, 0.1) is 24.2 Å². The first kappa shape index (κ1) is 24.4. The van der Waals surface area contributed by atoms with Crippen molar-refractivity contribution in [2.75, 3.05) is 23.3 Å². The van der Waals surface area contributed by atoms with Crippen molar-refractivity contribution in [1.82, 2.24) is 0 Å². The first-order valence-corrected chi connectivity index (χ1v) is 10.2. The standard InChI is InChI=1S/C22H19ClF4N2O4/c23-13-3-6-16(7-4-13)33-19(11-22(25,26)27)20(30)28-18-8-5-15(10-17(18)21(31)32)29-9-1-2-14(24)12-29/h2-8,10,19H,1,9,11-12H2,(H,28,30)(H,31,32)/t19-/m0/s1. The van der Waals surface area contributed by atoms with Gasteiger partial charge in [0, 0.05) is 17.3 Å². The molecule has 1 aliphatic rings. The first-order valence-electron chi connectivity index (χ1n) is 9.78. The number of carbonyl (C=O) groups excluding carboxylic acids is 1. The van der Waals surface area contributed by atoms with Gasteiger partial charge in [-0.2, -0.15) is 13.2 Å². The quantitative estimate of drug-likeness (QED) is 0.509. The average Bonchev–Trinajstić information content (AvgIpc) is 2.74. The maximum absolute atomic E-state index is 13.6. The predicted octanol–water partition coefficient (Wildman–Crippen LogP) is 5.44. The smallest absolute Gasteiger partial charge is 0.393 e. The van der Waals surface area contributed by atoms with Crippen molar-refractivity contribution in [2.45, 2.75) is 25.1 Å². The largest absolute Gasteiger partial charge is 0.480 e. The zero-order chi connectivity index (χ0) is 24.2. The van der Waals surface area contributed by atoms with Crippen LogP contribution in [0.4, 0.5) is 28.9 Å². The van der Waals surface area contributed by atoms with Crippen LogP contribution in [0.5, 0.6) is 5.75 Å². The molecule has 0 spiro atoms. The van der Waals surface area contributed by atoms with Crippen LogP contribution < -0.4 is 15.0 Å². The van der Waals surface area contributed by atoms with Crippen molar-refractivity contribution >= 4 is 34.9 Å². The normalized spacial score (nSPS) is 14.9. The topological polar surface area (TPSA) is 78.9 Å². The number of amides is 1. The van der Waals surface area contributed by atoms with Gasteiger partial charge in [-0.05, 0) is 55.0 Å². The molecule has 1 atom stereocenters. The van der Waals surface area contributed by atoms with Gasteiger partial charge >= 0.3 is 12.1 Å². The number of aromatic carboxylic acids is 1. The Kier molecular flexibility index (Phi) is 7.47. The molecule has 33 heavy (non-hydrogen) atoms. The van der Waals surface area contributed by atoms with Crippen LogP contribution in [0.25, 0.3) is 0 Å². The van der Waals surface area contributed by atoms with Crippen LogP contribution in [0, 0.1) is 0 Å². The van der Waals surface area contributed by atoms with E-state index in [1.54, 1.807) is 4.90 Å². The molecule has 2 aromatic carbocycles. The summed E-state index contributed by atoms with van der Waals surface area (Å²) in [6.07, 6.45) is -6.42. The molecule has 0 bridgehead atoms. The van der Waals surface area contributed by atoms with Crippen LogP contribution in [-0.2, 0) is 4.79 Å². The Morgan fingerprint density at radius 1 is 1.18 bits per heavy atom. The number of ether oxygens (including phenoxy) is 1. The highest BCUT2D eigenvalue weighted by Gasteiger charge is 2.37. The average molecular weight is 487 g/mol. The van der Waals surface area contributed by atoms with E-state index in [0.717, 1.165) is 0 Å². The fourth-order valence-corrected chi connectivity index (χ4v) is 3.35. The third-order valence-electron chi connectivity index (χ3n) is 4.76. The highest BCUT2D eigenvalue weighted by molar-refractivity contribution is 6.30. The molecule has 1 aliphatic heterocycles. The van der Waals surface area contributed by atoms with E-state index in [1.807, 2.05) is 0 Å². The molecular weight excluding hydrogens is 468 g/mol. The maximum atomic E-state index is 13.6. The van der Waals surface area contributed by atoms with E-state index >= 15 is 0 Å². The van der Waals surface area contributed by atoms with Gasteiger partial charge in [-0.1, -0.05) is 11.6 Å². The van der Waals surface area contributed by atoms with Crippen LogP contribution in [-0.4, -0.2) is 42.4 Å². The number of carboxylic acids is 1. The molecule has 0 saturated carbocycles. The van der Waals surface area contributed by atoms with Crippen LogP contribution in [0.3, 0.4) is 0 Å². The summed E-state index contributed by atoms with van der Waals surface area (Å²) in [5.74, 6) is -2.96. The summed E-state index contributed by atoms with van der Waals surface area (Å²) in [6.45, 7) is 0.425. The van der Waals surface area contributed by atoms with Gasteiger partial charge in [0.15, 0.2) is 6.10 Å². The van der Waals surface area contributed by atoms with Crippen molar-refractivity contribution in [3.05, 3.63) is 65.0 Å². The fraction of sp³-hybridized carbons (Fsp3) is 0.273. The number of halogens is 5. The number of anilines is 2. The summed E-state index contributed by atoms with van der Waals surface area (Å²) in [7, 11) is 0. The molecule has 2 N–H and O–H groups in total. The number of nitrogens with one attached hydrogen (secondary N) is 1. The van der Waals surface area contributed by atoms with Gasteiger partial charge in [-0.3, -0.25) is 4.79 Å². The molecule has 3 rings (SSSR count). The molecular formula is C22H19ClF4N2O4. The minimum Gasteiger partial charge on any atom is -0.480 e. The lowest BCUT2D eigenvalue weighted by atomic mass is 10.1. The second-order valence-corrected chi connectivity index (χ2v) is 7.70. The molecule has 1 amide bonds. The van der Waals surface area contributed by atoms with E-state index in [1.165, 1.54) is 48.5 Å². The lowest BCUT2D eigenvalue weighted by Gasteiger charge is -2.27. The van der Waals surface area contributed by atoms with Crippen LogP contribution >= 0.6 is 11.6 Å². The summed E-state index contributed by atoms with van der Waals surface area (Å²) < 4.78 is 58.0. The summed E-state index contributed by atoms with van der Waals surface area (Å²) >= 11 is 5.75.